The van der Waals surface area contributed by atoms with E-state index in [1.165, 1.54) is 12.1 Å². The quantitative estimate of drug-likeness (QED) is 0.621. The van der Waals surface area contributed by atoms with E-state index >= 15 is 0 Å². The van der Waals surface area contributed by atoms with E-state index in [-0.39, 0.29) is 29.9 Å². The molecule has 8 heteroatoms. The van der Waals surface area contributed by atoms with Crippen molar-refractivity contribution in [3.8, 4) is 0 Å². The Hall–Kier alpha value is -1.60. The van der Waals surface area contributed by atoms with Crippen LogP contribution in [0.4, 0.5) is 0 Å². The Bertz CT molecular complexity index is 905. The summed E-state index contributed by atoms with van der Waals surface area (Å²) in [6, 6.07) is 12.9. The number of carbonyl (C=O) groups is 1. The predicted molar refractivity (Wildman–Crippen MR) is 113 cm³/mol. The van der Waals surface area contributed by atoms with Gasteiger partial charge >= 0.3 is 0 Å². The Labute approximate surface area is 176 Å². The van der Waals surface area contributed by atoms with Crippen molar-refractivity contribution in [1.82, 2.24) is 9.62 Å². The third-order valence-corrected chi connectivity index (χ3v) is 6.72. The van der Waals surface area contributed by atoms with Gasteiger partial charge in [0.2, 0.25) is 15.9 Å². The van der Waals surface area contributed by atoms with Crippen LogP contribution in [0.1, 0.15) is 32.3 Å². The molecule has 2 aromatic carbocycles. The Morgan fingerprint density at radius 1 is 1.11 bits per heavy atom. The second-order valence-electron chi connectivity index (χ2n) is 6.59. The highest BCUT2D eigenvalue weighted by Crippen LogP contribution is 2.25. The van der Waals surface area contributed by atoms with Crippen molar-refractivity contribution < 1.29 is 13.2 Å². The first-order valence-corrected chi connectivity index (χ1v) is 11.2. The van der Waals surface area contributed by atoms with E-state index in [0.29, 0.717) is 15.6 Å². The lowest BCUT2D eigenvalue weighted by Gasteiger charge is -2.23. The maximum atomic E-state index is 13.1. The summed E-state index contributed by atoms with van der Waals surface area (Å²) in [6.45, 7) is 3.64. The zero-order valence-electron chi connectivity index (χ0n) is 15.9. The Kier molecular flexibility index (Phi) is 8.31. The fraction of sp³-hybridized carbons (Fsp3) is 0.350. The number of amides is 1. The number of rotatable bonds is 9. The lowest BCUT2D eigenvalue weighted by Crippen LogP contribution is -2.43. The van der Waals surface area contributed by atoms with Crippen molar-refractivity contribution in [1.29, 1.82) is 0 Å². The lowest BCUT2D eigenvalue weighted by molar-refractivity contribution is -0.122. The van der Waals surface area contributed by atoms with Gasteiger partial charge in [-0.1, -0.05) is 60.8 Å². The van der Waals surface area contributed by atoms with Crippen molar-refractivity contribution in [2.24, 2.45) is 0 Å². The fourth-order valence-corrected chi connectivity index (χ4v) is 4.52. The largest absolute Gasteiger partial charge is 0.353 e. The summed E-state index contributed by atoms with van der Waals surface area (Å²) in [4.78, 5) is 12.6. The highest BCUT2D eigenvalue weighted by atomic mass is 35.5. The Morgan fingerprint density at radius 3 is 2.39 bits per heavy atom. The molecule has 0 unspecified atom stereocenters. The first-order valence-electron chi connectivity index (χ1n) is 9.02. The van der Waals surface area contributed by atoms with E-state index in [0.717, 1.165) is 17.1 Å². The highest BCUT2D eigenvalue weighted by molar-refractivity contribution is 7.89. The third kappa shape index (κ3) is 6.21. The number of hydrogen-bond acceptors (Lipinski definition) is 3. The average molecular weight is 443 g/mol. The van der Waals surface area contributed by atoms with E-state index in [9.17, 15) is 13.2 Å². The molecule has 152 valence electrons. The first-order chi connectivity index (χ1) is 13.2. The number of benzene rings is 2. The van der Waals surface area contributed by atoms with E-state index in [1.807, 2.05) is 13.8 Å². The summed E-state index contributed by atoms with van der Waals surface area (Å²) in [6.07, 6.45) is 1.75. The monoisotopic (exact) mass is 442 g/mol. The van der Waals surface area contributed by atoms with Gasteiger partial charge in [-0.3, -0.25) is 4.79 Å². The zero-order valence-corrected chi connectivity index (χ0v) is 18.2. The van der Waals surface area contributed by atoms with Crippen LogP contribution in [0.2, 0.25) is 10.0 Å². The lowest BCUT2D eigenvalue weighted by atomic mass is 10.2. The molecular formula is C20H24Cl2N2O3S. The van der Waals surface area contributed by atoms with Crippen LogP contribution in [0.15, 0.2) is 53.4 Å². The van der Waals surface area contributed by atoms with E-state index < -0.39 is 10.0 Å². The van der Waals surface area contributed by atoms with E-state index in [2.05, 4.69) is 5.32 Å². The van der Waals surface area contributed by atoms with Crippen molar-refractivity contribution in [3.63, 3.8) is 0 Å². The van der Waals surface area contributed by atoms with Gasteiger partial charge in [0.15, 0.2) is 0 Å². The normalized spacial score (nSPS) is 12.8. The van der Waals surface area contributed by atoms with Gasteiger partial charge < -0.3 is 5.32 Å². The van der Waals surface area contributed by atoms with Crippen molar-refractivity contribution in [2.45, 2.75) is 44.2 Å². The van der Waals surface area contributed by atoms with Crippen LogP contribution >= 0.6 is 23.2 Å². The molecule has 28 heavy (non-hydrogen) atoms. The van der Waals surface area contributed by atoms with Gasteiger partial charge in [0, 0.05) is 12.6 Å². The molecular weight excluding hydrogens is 419 g/mol. The second-order valence-corrected chi connectivity index (χ2v) is 9.34. The van der Waals surface area contributed by atoms with Crippen LogP contribution < -0.4 is 5.32 Å². The summed E-state index contributed by atoms with van der Waals surface area (Å²) in [7, 11) is -3.87. The number of sulfonamides is 1. The topological polar surface area (TPSA) is 66.5 Å². The minimum absolute atomic E-state index is 0.00367. The summed E-state index contributed by atoms with van der Waals surface area (Å²) in [5.41, 5.74) is 0.642. The number of nitrogens with zero attached hydrogens (tertiary/aromatic N) is 1. The van der Waals surface area contributed by atoms with E-state index in [4.69, 9.17) is 23.2 Å². The van der Waals surface area contributed by atoms with Crippen molar-refractivity contribution in [2.75, 3.05) is 6.54 Å². The molecule has 2 rings (SSSR count). The van der Waals surface area contributed by atoms with Crippen LogP contribution in [0, 0.1) is 0 Å². The van der Waals surface area contributed by atoms with Gasteiger partial charge in [0.05, 0.1) is 21.5 Å². The second kappa shape index (κ2) is 10.3. The molecule has 0 aliphatic rings. The smallest absolute Gasteiger partial charge is 0.243 e. The van der Waals surface area contributed by atoms with Gasteiger partial charge in [-0.2, -0.15) is 4.31 Å². The zero-order chi connectivity index (χ0) is 20.7. The summed E-state index contributed by atoms with van der Waals surface area (Å²) in [5.74, 6) is -0.347. The molecule has 5 nitrogen and oxygen atoms in total. The van der Waals surface area contributed by atoms with Crippen LogP contribution in [-0.2, 0) is 21.4 Å². The van der Waals surface area contributed by atoms with Crippen LogP contribution in [-0.4, -0.2) is 31.2 Å². The first kappa shape index (κ1) is 22.7. The van der Waals surface area contributed by atoms with Crippen molar-refractivity contribution in [3.05, 3.63) is 64.1 Å². The highest BCUT2D eigenvalue weighted by Gasteiger charge is 2.27. The molecule has 0 saturated heterocycles. The molecule has 0 saturated carbocycles. The average Bonchev–Trinajstić information content (AvgIpc) is 2.65. The molecule has 0 heterocycles. The summed E-state index contributed by atoms with van der Waals surface area (Å²) in [5, 5.41) is 3.56. The molecule has 0 spiro atoms. The van der Waals surface area contributed by atoms with Gasteiger partial charge in [-0.15, -0.1) is 0 Å². The minimum atomic E-state index is -3.87. The predicted octanol–water partition coefficient (Wildman–Crippen LogP) is 4.49. The molecule has 0 aliphatic carbocycles. The summed E-state index contributed by atoms with van der Waals surface area (Å²) >= 11 is 12.0. The standard InChI is InChI=1S/C20H24Cl2N2O3S/c1-3-7-15(2)23-20(25)14-24(13-16-10-11-18(21)19(22)12-16)28(26,27)17-8-5-4-6-9-17/h4-6,8-12,15H,3,7,13-14H2,1-2H3,(H,23,25)/t15-/m0/s1. The molecule has 1 N–H and O–H groups in total. The molecule has 0 bridgehead atoms. The SMILES string of the molecule is CCC[C@H](C)NC(=O)CN(Cc1ccc(Cl)c(Cl)c1)S(=O)(=O)c1ccccc1. The Balaban J connectivity index is 2.29. The Morgan fingerprint density at radius 2 is 1.79 bits per heavy atom. The van der Waals surface area contributed by atoms with Gasteiger partial charge in [-0.05, 0) is 43.2 Å². The van der Waals surface area contributed by atoms with Gasteiger partial charge in [0.1, 0.15) is 0 Å². The van der Waals surface area contributed by atoms with Crippen molar-refractivity contribution >= 4 is 39.1 Å². The minimum Gasteiger partial charge on any atom is -0.353 e. The van der Waals surface area contributed by atoms with E-state index in [1.54, 1.807) is 36.4 Å². The molecule has 2 aromatic rings. The number of nitrogens with one attached hydrogen (secondary N) is 1. The third-order valence-electron chi connectivity index (χ3n) is 4.17. The van der Waals surface area contributed by atoms with Gasteiger partial charge in [-0.25, -0.2) is 8.42 Å². The van der Waals surface area contributed by atoms with Crippen LogP contribution in [0.25, 0.3) is 0 Å². The fourth-order valence-electron chi connectivity index (χ4n) is 2.79. The molecule has 1 amide bonds. The van der Waals surface area contributed by atoms with Gasteiger partial charge in [0.25, 0.3) is 0 Å². The number of hydrogen-bond donors (Lipinski definition) is 1. The van der Waals surface area contributed by atoms with Crippen LogP contribution in [0.5, 0.6) is 0 Å². The number of carbonyl (C=O) groups excluding carboxylic acids is 1. The molecule has 0 radical (unpaired) electrons. The molecule has 0 aromatic heterocycles. The maximum absolute atomic E-state index is 13.1. The molecule has 0 aliphatic heterocycles. The molecule has 0 fully saturated rings. The number of halogens is 2. The summed E-state index contributed by atoms with van der Waals surface area (Å²) < 4.78 is 27.4. The maximum Gasteiger partial charge on any atom is 0.243 e. The molecule has 1 atom stereocenters. The van der Waals surface area contributed by atoms with Crippen LogP contribution in [0.3, 0.4) is 0 Å².